The van der Waals surface area contributed by atoms with E-state index in [-0.39, 0.29) is 11.9 Å². The number of carbonyl (C=O) groups excluding carboxylic acids is 1. The van der Waals surface area contributed by atoms with Crippen LogP contribution in [0, 0.1) is 6.92 Å². The number of nitrogens with one attached hydrogen (secondary N) is 1. The van der Waals surface area contributed by atoms with Crippen molar-refractivity contribution in [3.05, 3.63) is 33.8 Å². The molecule has 0 radical (unpaired) electrons. The lowest BCUT2D eigenvalue weighted by atomic mass is 10.1. The maximum Gasteiger partial charge on any atom is 0.251 e. The minimum atomic E-state index is -0.0223. The van der Waals surface area contributed by atoms with Crippen LogP contribution in [0.5, 0.6) is 0 Å². The van der Waals surface area contributed by atoms with Gasteiger partial charge in [0.25, 0.3) is 5.91 Å². The Morgan fingerprint density at radius 2 is 2.24 bits per heavy atom. The first-order chi connectivity index (χ1) is 8.06. The summed E-state index contributed by atoms with van der Waals surface area (Å²) in [5.74, 6) is 0.613. The number of hydrogen-bond donors (Lipinski definition) is 1. The van der Waals surface area contributed by atoms with E-state index >= 15 is 0 Å². The van der Waals surface area contributed by atoms with E-state index in [1.165, 1.54) is 0 Å². The molecule has 94 valence electrons. The van der Waals surface area contributed by atoms with Crippen LogP contribution in [0.3, 0.4) is 0 Å². The molecule has 0 saturated carbocycles. The normalized spacial score (nSPS) is 12.2. The Bertz CT molecular complexity index is 395. The molecule has 1 N–H and O–H groups in total. The largest absolute Gasteiger partial charge is 0.350 e. The molecule has 1 rings (SSSR count). The molecule has 4 heteroatoms. The van der Waals surface area contributed by atoms with Gasteiger partial charge in [-0.25, -0.2) is 0 Å². The molecule has 1 aromatic carbocycles. The van der Waals surface area contributed by atoms with Crippen LogP contribution in [0.15, 0.2) is 22.7 Å². The molecule has 1 aromatic rings. The van der Waals surface area contributed by atoms with Crippen LogP contribution >= 0.6 is 27.5 Å². The van der Waals surface area contributed by atoms with Crippen LogP contribution in [0.1, 0.15) is 35.7 Å². The average molecular weight is 319 g/mol. The van der Waals surface area contributed by atoms with Crippen molar-refractivity contribution in [3.8, 4) is 0 Å². The van der Waals surface area contributed by atoms with Crippen molar-refractivity contribution in [2.24, 2.45) is 0 Å². The Labute approximate surface area is 116 Å². The molecule has 1 amide bonds. The third-order valence-corrected chi connectivity index (χ3v) is 3.79. The fourth-order valence-corrected chi connectivity index (χ4v) is 2.13. The molecule has 0 aliphatic heterocycles. The van der Waals surface area contributed by atoms with Crippen LogP contribution in [-0.2, 0) is 0 Å². The van der Waals surface area contributed by atoms with Crippen LogP contribution in [0.4, 0.5) is 0 Å². The maximum atomic E-state index is 12.0. The number of carbonyl (C=O) groups is 1. The van der Waals surface area contributed by atoms with E-state index in [2.05, 4.69) is 21.2 Å². The van der Waals surface area contributed by atoms with Crippen LogP contribution in [0.25, 0.3) is 0 Å². The Hall–Kier alpha value is -0.540. The van der Waals surface area contributed by atoms with Gasteiger partial charge in [0.05, 0.1) is 0 Å². The van der Waals surface area contributed by atoms with E-state index in [0.717, 1.165) is 28.4 Å². The quantitative estimate of drug-likeness (QED) is 0.820. The Balaban J connectivity index is 2.67. The number of benzene rings is 1. The zero-order chi connectivity index (χ0) is 12.8. The summed E-state index contributed by atoms with van der Waals surface area (Å²) in [5.41, 5.74) is 1.69. The highest BCUT2D eigenvalue weighted by Gasteiger charge is 2.12. The Kier molecular flexibility index (Phi) is 6.00. The van der Waals surface area contributed by atoms with Gasteiger partial charge in [-0.2, -0.15) is 0 Å². The molecule has 0 spiro atoms. The predicted molar refractivity (Wildman–Crippen MR) is 75.8 cm³/mol. The Morgan fingerprint density at radius 3 is 2.88 bits per heavy atom. The summed E-state index contributed by atoms with van der Waals surface area (Å²) in [6, 6.07) is 5.79. The van der Waals surface area contributed by atoms with Gasteiger partial charge >= 0.3 is 0 Å². The summed E-state index contributed by atoms with van der Waals surface area (Å²) in [5, 5.41) is 2.98. The van der Waals surface area contributed by atoms with Crippen molar-refractivity contribution in [2.45, 2.75) is 32.7 Å². The molecule has 1 atom stereocenters. The maximum absolute atomic E-state index is 12.0. The second kappa shape index (κ2) is 7.02. The Morgan fingerprint density at radius 1 is 1.53 bits per heavy atom. The number of rotatable bonds is 5. The summed E-state index contributed by atoms with van der Waals surface area (Å²) < 4.78 is 0.957. The summed E-state index contributed by atoms with van der Waals surface area (Å²) in [6.45, 7) is 3.93. The smallest absolute Gasteiger partial charge is 0.251 e. The zero-order valence-corrected chi connectivity index (χ0v) is 12.4. The fourth-order valence-electron chi connectivity index (χ4n) is 1.61. The van der Waals surface area contributed by atoms with Gasteiger partial charge in [0.1, 0.15) is 0 Å². The van der Waals surface area contributed by atoms with Gasteiger partial charge in [0.2, 0.25) is 0 Å². The van der Waals surface area contributed by atoms with Gasteiger partial charge in [-0.1, -0.05) is 22.0 Å². The summed E-state index contributed by atoms with van der Waals surface area (Å²) in [7, 11) is 0. The van der Waals surface area contributed by atoms with Crippen molar-refractivity contribution in [1.29, 1.82) is 0 Å². The number of halogens is 2. The lowest BCUT2D eigenvalue weighted by Crippen LogP contribution is -2.33. The van der Waals surface area contributed by atoms with Gasteiger partial charge in [-0.05, 0) is 44.4 Å². The standard InChI is InChI=1S/C13H17BrClNO/c1-9(5-4-8-15)16-13(17)11-6-3-7-12(14)10(11)2/h3,6-7,9H,4-5,8H2,1-2H3,(H,16,17). The molecule has 0 aliphatic rings. The number of alkyl halides is 1. The van der Waals surface area contributed by atoms with Crippen molar-refractivity contribution in [3.63, 3.8) is 0 Å². The molecule has 17 heavy (non-hydrogen) atoms. The second-order valence-electron chi connectivity index (χ2n) is 4.12. The van der Waals surface area contributed by atoms with Crippen molar-refractivity contribution >= 4 is 33.4 Å². The second-order valence-corrected chi connectivity index (χ2v) is 5.35. The molecular weight excluding hydrogens is 302 g/mol. The zero-order valence-electron chi connectivity index (χ0n) is 10.1. The first-order valence-corrected chi connectivity index (χ1v) is 7.01. The third-order valence-electron chi connectivity index (χ3n) is 2.66. The van der Waals surface area contributed by atoms with Gasteiger partial charge in [-0.15, -0.1) is 11.6 Å². The van der Waals surface area contributed by atoms with Gasteiger partial charge < -0.3 is 5.32 Å². The van der Waals surface area contributed by atoms with E-state index in [0.29, 0.717) is 5.88 Å². The minimum Gasteiger partial charge on any atom is -0.350 e. The first-order valence-electron chi connectivity index (χ1n) is 5.68. The van der Waals surface area contributed by atoms with E-state index in [1.807, 2.05) is 32.0 Å². The molecule has 0 heterocycles. The molecule has 1 unspecified atom stereocenters. The van der Waals surface area contributed by atoms with E-state index in [4.69, 9.17) is 11.6 Å². The first kappa shape index (κ1) is 14.5. The lowest BCUT2D eigenvalue weighted by molar-refractivity contribution is 0.0937. The monoisotopic (exact) mass is 317 g/mol. The van der Waals surface area contributed by atoms with Crippen LogP contribution in [0.2, 0.25) is 0 Å². The number of amides is 1. The third kappa shape index (κ3) is 4.32. The van der Waals surface area contributed by atoms with Gasteiger partial charge in [-0.3, -0.25) is 4.79 Å². The summed E-state index contributed by atoms with van der Waals surface area (Å²) >= 11 is 9.05. The van der Waals surface area contributed by atoms with Gasteiger partial charge in [0.15, 0.2) is 0 Å². The highest BCUT2D eigenvalue weighted by Crippen LogP contribution is 2.19. The molecule has 0 aromatic heterocycles. The van der Waals surface area contributed by atoms with E-state index in [1.54, 1.807) is 0 Å². The fraction of sp³-hybridized carbons (Fsp3) is 0.462. The SMILES string of the molecule is Cc1c(Br)cccc1C(=O)NC(C)CCCCl. The summed E-state index contributed by atoms with van der Waals surface area (Å²) in [4.78, 5) is 12.0. The number of hydrogen-bond acceptors (Lipinski definition) is 1. The molecule has 0 saturated heterocycles. The van der Waals surface area contributed by atoms with Crippen molar-refractivity contribution in [1.82, 2.24) is 5.32 Å². The van der Waals surface area contributed by atoms with Crippen LogP contribution in [-0.4, -0.2) is 17.8 Å². The van der Waals surface area contributed by atoms with Crippen molar-refractivity contribution < 1.29 is 4.79 Å². The molecule has 2 nitrogen and oxygen atoms in total. The minimum absolute atomic E-state index is 0.0223. The highest BCUT2D eigenvalue weighted by molar-refractivity contribution is 9.10. The van der Waals surface area contributed by atoms with Crippen LogP contribution < -0.4 is 5.32 Å². The van der Waals surface area contributed by atoms with E-state index in [9.17, 15) is 4.79 Å². The average Bonchev–Trinajstić information content (AvgIpc) is 2.29. The van der Waals surface area contributed by atoms with Crippen molar-refractivity contribution in [2.75, 3.05) is 5.88 Å². The predicted octanol–water partition coefficient (Wildman–Crippen LogP) is 3.89. The summed E-state index contributed by atoms with van der Waals surface area (Å²) in [6.07, 6.45) is 1.82. The topological polar surface area (TPSA) is 29.1 Å². The molecule has 0 fully saturated rings. The molecule has 0 aliphatic carbocycles. The molecule has 0 bridgehead atoms. The van der Waals surface area contributed by atoms with Gasteiger partial charge in [0, 0.05) is 22.0 Å². The molecular formula is C13H17BrClNO. The lowest BCUT2D eigenvalue weighted by Gasteiger charge is -2.14. The highest BCUT2D eigenvalue weighted by atomic mass is 79.9. The van der Waals surface area contributed by atoms with E-state index < -0.39 is 0 Å².